The lowest BCUT2D eigenvalue weighted by atomic mass is 10.0. The largest absolute Gasteiger partial charge is 0.481 e. The van der Waals surface area contributed by atoms with Gasteiger partial charge in [0.1, 0.15) is 5.82 Å². The van der Waals surface area contributed by atoms with Gasteiger partial charge in [-0.15, -0.1) is 0 Å². The van der Waals surface area contributed by atoms with Crippen molar-refractivity contribution in [3.05, 3.63) is 30.2 Å². The van der Waals surface area contributed by atoms with Crippen molar-refractivity contribution in [3.8, 4) is 0 Å². The Morgan fingerprint density at radius 1 is 1.29 bits per heavy atom. The molecule has 0 radical (unpaired) electrons. The summed E-state index contributed by atoms with van der Waals surface area (Å²) in [7, 11) is 0. The molecule has 1 saturated heterocycles. The first-order valence-electron chi connectivity index (χ1n) is 7.46. The fraction of sp³-hybridized carbons (Fsp3) is 0.438. The summed E-state index contributed by atoms with van der Waals surface area (Å²) in [6, 6.07) is 5.02. The van der Waals surface area contributed by atoms with E-state index in [1.807, 2.05) is 12.3 Å². The number of H-pyrrole nitrogens is 1. The molecule has 1 aromatic carbocycles. The Bertz CT molecular complexity index is 659. The minimum absolute atomic E-state index is 0.112. The molecule has 0 bridgehead atoms. The molecule has 4 nitrogen and oxygen atoms in total. The van der Waals surface area contributed by atoms with Crippen molar-refractivity contribution in [1.82, 2.24) is 9.47 Å². The van der Waals surface area contributed by atoms with Crippen LogP contribution in [0.5, 0.6) is 0 Å². The number of nitrogens with one attached hydrogen (secondary N) is 1. The predicted molar refractivity (Wildman–Crippen MR) is 80.8 cm³/mol. The summed E-state index contributed by atoms with van der Waals surface area (Å²) >= 11 is 0. The zero-order valence-corrected chi connectivity index (χ0v) is 11.9. The molecule has 0 aliphatic carbocycles. The van der Waals surface area contributed by atoms with Crippen LogP contribution in [0.15, 0.2) is 24.4 Å². The second-order valence-electron chi connectivity index (χ2n) is 5.86. The van der Waals surface area contributed by atoms with E-state index < -0.39 is 5.97 Å². The standard InChI is InChI=1S/C16H19FN2O2/c17-12-5-4-6-13-16(12)14(11-18-13)19(10-7-15(20)21)8-2-1-3-9-19/h4-6,11,18H,1-3,7-10H2/p+1. The van der Waals surface area contributed by atoms with Crippen molar-refractivity contribution in [2.75, 3.05) is 19.6 Å². The molecule has 0 amide bonds. The SMILES string of the molecule is O=C(O)CC[N+]1(c2c[nH]c3cccc(F)c23)CCCCC1. The molecule has 1 aromatic heterocycles. The van der Waals surface area contributed by atoms with Gasteiger partial charge in [-0.2, -0.15) is 0 Å². The van der Waals surface area contributed by atoms with Crippen LogP contribution in [0.3, 0.4) is 0 Å². The second-order valence-corrected chi connectivity index (χ2v) is 5.86. The van der Waals surface area contributed by atoms with Gasteiger partial charge in [0.05, 0.1) is 43.2 Å². The van der Waals surface area contributed by atoms with Gasteiger partial charge in [-0.05, 0) is 31.4 Å². The zero-order chi connectivity index (χ0) is 14.9. The van der Waals surface area contributed by atoms with Crippen LogP contribution >= 0.6 is 0 Å². The van der Waals surface area contributed by atoms with Crippen LogP contribution in [0.2, 0.25) is 0 Å². The number of hydrogen-bond donors (Lipinski definition) is 2. The summed E-state index contributed by atoms with van der Waals surface area (Å²) in [4.78, 5) is 14.1. The number of carboxylic acids is 1. The van der Waals surface area contributed by atoms with Gasteiger partial charge in [0, 0.05) is 0 Å². The van der Waals surface area contributed by atoms with Crippen LogP contribution in [0.1, 0.15) is 25.7 Å². The summed E-state index contributed by atoms with van der Waals surface area (Å²) in [5.74, 6) is -1.03. The monoisotopic (exact) mass is 291 g/mol. The van der Waals surface area contributed by atoms with Gasteiger partial charge >= 0.3 is 5.97 Å². The number of likely N-dealkylation sites (tertiary alicyclic amines) is 1. The summed E-state index contributed by atoms with van der Waals surface area (Å²) < 4.78 is 14.8. The number of carboxylic acid groups (broad SMARTS) is 1. The highest BCUT2D eigenvalue weighted by atomic mass is 19.1. The van der Waals surface area contributed by atoms with Gasteiger partial charge in [0.25, 0.3) is 0 Å². The molecule has 0 atom stereocenters. The molecule has 0 unspecified atom stereocenters. The van der Waals surface area contributed by atoms with E-state index in [2.05, 4.69) is 4.98 Å². The summed E-state index contributed by atoms with van der Waals surface area (Å²) in [6.45, 7) is 2.29. The van der Waals surface area contributed by atoms with E-state index in [0.717, 1.165) is 43.6 Å². The van der Waals surface area contributed by atoms with E-state index in [9.17, 15) is 9.18 Å². The number of aromatic amines is 1. The van der Waals surface area contributed by atoms with E-state index in [0.29, 0.717) is 16.4 Å². The number of quaternary nitrogens is 1. The number of nitrogens with zero attached hydrogens (tertiary/aromatic N) is 1. The molecule has 5 heteroatoms. The van der Waals surface area contributed by atoms with E-state index in [1.165, 1.54) is 6.07 Å². The highest BCUT2D eigenvalue weighted by Crippen LogP contribution is 2.36. The van der Waals surface area contributed by atoms with Crippen molar-refractivity contribution in [2.24, 2.45) is 0 Å². The highest BCUT2D eigenvalue weighted by molar-refractivity contribution is 5.92. The normalized spacial score (nSPS) is 18.0. The number of piperidine rings is 1. The lowest BCUT2D eigenvalue weighted by Gasteiger charge is -2.40. The molecule has 0 spiro atoms. The third-order valence-electron chi connectivity index (χ3n) is 4.57. The third kappa shape index (κ3) is 2.53. The molecule has 112 valence electrons. The lowest BCUT2D eigenvalue weighted by Crippen LogP contribution is -2.53. The van der Waals surface area contributed by atoms with Gasteiger partial charge in [-0.25, -0.2) is 4.39 Å². The first kappa shape index (κ1) is 14.1. The van der Waals surface area contributed by atoms with E-state index in [1.54, 1.807) is 6.07 Å². The van der Waals surface area contributed by atoms with Crippen LogP contribution < -0.4 is 4.48 Å². The quantitative estimate of drug-likeness (QED) is 0.849. The van der Waals surface area contributed by atoms with Gasteiger partial charge in [0.15, 0.2) is 5.69 Å². The number of rotatable bonds is 4. The minimum Gasteiger partial charge on any atom is -0.481 e. The molecule has 1 aliphatic rings. The number of fused-ring (bicyclic) bond motifs is 1. The number of carbonyl (C=O) groups is 1. The Morgan fingerprint density at radius 3 is 2.76 bits per heavy atom. The van der Waals surface area contributed by atoms with Crippen molar-refractivity contribution >= 4 is 22.6 Å². The number of aliphatic carboxylic acids is 1. The second kappa shape index (κ2) is 5.48. The third-order valence-corrected chi connectivity index (χ3v) is 4.57. The molecular formula is C16H20FN2O2+. The van der Waals surface area contributed by atoms with E-state index >= 15 is 0 Å². The average molecular weight is 291 g/mol. The van der Waals surface area contributed by atoms with Crippen molar-refractivity contribution < 1.29 is 14.3 Å². The average Bonchev–Trinajstić information content (AvgIpc) is 2.92. The van der Waals surface area contributed by atoms with Crippen LogP contribution in [-0.2, 0) is 4.79 Å². The zero-order valence-electron chi connectivity index (χ0n) is 11.9. The Labute approximate surface area is 122 Å². The van der Waals surface area contributed by atoms with Crippen LogP contribution in [0, 0.1) is 5.82 Å². The molecule has 2 heterocycles. The Balaban J connectivity index is 2.07. The number of hydrogen-bond acceptors (Lipinski definition) is 1. The first-order valence-corrected chi connectivity index (χ1v) is 7.46. The van der Waals surface area contributed by atoms with Gasteiger partial charge < -0.3 is 10.1 Å². The molecule has 1 fully saturated rings. The van der Waals surface area contributed by atoms with Crippen molar-refractivity contribution in [2.45, 2.75) is 25.7 Å². The van der Waals surface area contributed by atoms with E-state index in [-0.39, 0.29) is 12.2 Å². The van der Waals surface area contributed by atoms with Gasteiger partial charge in [-0.1, -0.05) is 6.07 Å². The van der Waals surface area contributed by atoms with Gasteiger partial charge in [-0.3, -0.25) is 9.28 Å². The lowest BCUT2D eigenvalue weighted by molar-refractivity contribution is -0.137. The van der Waals surface area contributed by atoms with Crippen LogP contribution in [-0.4, -0.2) is 35.7 Å². The topological polar surface area (TPSA) is 53.1 Å². The van der Waals surface area contributed by atoms with Crippen molar-refractivity contribution in [3.63, 3.8) is 0 Å². The maximum atomic E-state index is 14.3. The molecule has 1 aliphatic heterocycles. The molecule has 3 rings (SSSR count). The summed E-state index contributed by atoms with van der Waals surface area (Å²) in [5.41, 5.74) is 1.69. The molecule has 2 N–H and O–H groups in total. The van der Waals surface area contributed by atoms with Crippen molar-refractivity contribution in [1.29, 1.82) is 0 Å². The number of benzene rings is 1. The molecule has 2 aromatic rings. The Kier molecular flexibility index (Phi) is 3.68. The molecular weight excluding hydrogens is 271 g/mol. The smallest absolute Gasteiger partial charge is 0.309 e. The Hall–Kier alpha value is -1.88. The molecule has 21 heavy (non-hydrogen) atoms. The Morgan fingerprint density at radius 2 is 2.05 bits per heavy atom. The van der Waals surface area contributed by atoms with Gasteiger partial charge in [0.2, 0.25) is 0 Å². The highest BCUT2D eigenvalue weighted by Gasteiger charge is 2.36. The maximum absolute atomic E-state index is 14.3. The molecule has 0 saturated carbocycles. The van der Waals surface area contributed by atoms with Crippen LogP contribution in [0.25, 0.3) is 10.9 Å². The minimum atomic E-state index is -0.793. The first-order chi connectivity index (χ1) is 10.1. The number of aromatic nitrogens is 1. The van der Waals surface area contributed by atoms with E-state index in [4.69, 9.17) is 5.11 Å². The predicted octanol–water partition coefficient (Wildman–Crippen LogP) is 3.27. The fourth-order valence-corrected chi connectivity index (χ4v) is 3.51. The maximum Gasteiger partial charge on any atom is 0.309 e. The summed E-state index contributed by atoms with van der Waals surface area (Å²) in [5, 5.41) is 9.65. The summed E-state index contributed by atoms with van der Waals surface area (Å²) in [6.07, 6.45) is 5.25. The number of halogens is 1. The fourth-order valence-electron chi connectivity index (χ4n) is 3.51. The van der Waals surface area contributed by atoms with Crippen LogP contribution in [0.4, 0.5) is 10.1 Å².